The van der Waals surface area contributed by atoms with Crippen molar-refractivity contribution in [2.75, 3.05) is 12.3 Å². The number of nitrogen functional groups attached to an aromatic ring is 1. The van der Waals surface area contributed by atoms with Gasteiger partial charge in [0.2, 0.25) is 0 Å². The molecule has 0 bridgehead atoms. The zero-order chi connectivity index (χ0) is 9.31. The van der Waals surface area contributed by atoms with Gasteiger partial charge in [-0.1, -0.05) is 0 Å². The molecule has 0 spiro atoms. The van der Waals surface area contributed by atoms with E-state index >= 15 is 0 Å². The van der Waals surface area contributed by atoms with Crippen LogP contribution >= 0.6 is 0 Å². The summed E-state index contributed by atoms with van der Waals surface area (Å²) < 4.78 is 0. The third kappa shape index (κ3) is 1.40. The molecule has 3 N–H and O–H groups in total. The van der Waals surface area contributed by atoms with Crippen LogP contribution in [0.25, 0.3) is 0 Å². The summed E-state index contributed by atoms with van der Waals surface area (Å²) in [5, 5.41) is 3.47. The lowest BCUT2D eigenvalue weighted by Gasteiger charge is -2.25. The molecule has 1 atom stereocenters. The molecule has 1 fully saturated rings. The fourth-order valence-corrected chi connectivity index (χ4v) is 1.99. The lowest BCUT2D eigenvalue weighted by molar-refractivity contribution is 0.435. The number of hydrogen-bond acceptors (Lipinski definition) is 3. The highest BCUT2D eigenvalue weighted by molar-refractivity contribution is 5.48. The second-order valence-electron chi connectivity index (χ2n) is 3.83. The number of aromatic nitrogens is 1. The van der Waals surface area contributed by atoms with Crippen molar-refractivity contribution >= 4 is 5.69 Å². The smallest absolute Gasteiger partial charge is 0.0442 e. The van der Waals surface area contributed by atoms with E-state index in [1.165, 1.54) is 6.42 Å². The van der Waals surface area contributed by atoms with Crippen molar-refractivity contribution < 1.29 is 0 Å². The van der Waals surface area contributed by atoms with Crippen LogP contribution in [-0.2, 0) is 5.54 Å². The minimum Gasteiger partial charge on any atom is -0.398 e. The molecule has 1 unspecified atom stereocenters. The van der Waals surface area contributed by atoms with Crippen molar-refractivity contribution in [3.8, 4) is 0 Å². The van der Waals surface area contributed by atoms with Gasteiger partial charge in [0.15, 0.2) is 0 Å². The van der Waals surface area contributed by atoms with Gasteiger partial charge in [0.1, 0.15) is 0 Å². The van der Waals surface area contributed by atoms with Gasteiger partial charge < -0.3 is 11.1 Å². The first-order chi connectivity index (χ1) is 6.22. The summed E-state index contributed by atoms with van der Waals surface area (Å²) in [5.41, 5.74) is 7.92. The van der Waals surface area contributed by atoms with Gasteiger partial charge in [0.05, 0.1) is 0 Å². The second-order valence-corrected chi connectivity index (χ2v) is 3.83. The van der Waals surface area contributed by atoms with E-state index in [1.807, 2.05) is 12.3 Å². The monoisotopic (exact) mass is 177 g/mol. The number of hydrogen-bond donors (Lipinski definition) is 2. The van der Waals surface area contributed by atoms with E-state index in [-0.39, 0.29) is 5.54 Å². The third-order valence-electron chi connectivity index (χ3n) is 2.82. The van der Waals surface area contributed by atoms with E-state index in [2.05, 4.69) is 17.2 Å². The van der Waals surface area contributed by atoms with Gasteiger partial charge in [0, 0.05) is 29.2 Å². The van der Waals surface area contributed by atoms with Crippen molar-refractivity contribution in [3.05, 3.63) is 24.0 Å². The summed E-state index contributed by atoms with van der Waals surface area (Å²) >= 11 is 0. The van der Waals surface area contributed by atoms with Crippen molar-refractivity contribution in [1.29, 1.82) is 0 Å². The molecular formula is C10H15N3. The maximum atomic E-state index is 5.91. The highest BCUT2D eigenvalue weighted by Crippen LogP contribution is 2.32. The molecule has 3 heteroatoms. The van der Waals surface area contributed by atoms with Crippen LogP contribution in [0.15, 0.2) is 18.5 Å². The lowest BCUT2D eigenvalue weighted by Crippen LogP contribution is -2.34. The Kier molecular flexibility index (Phi) is 1.96. The van der Waals surface area contributed by atoms with E-state index in [0.29, 0.717) is 0 Å². The number of nitrogens with one attached hydrogen (secondary N) is 1. The predicted molar refractivity (Wildman–Crippen MR) is 53.2 cm³/mol. The fraction of sp³-hybridized carbons (Fsp3) is 0.500. The van der Waals surface area contributed by atoms with E-state index < -0.39 is 0 Å². The van der Waals surface area contributed by atoms with Gasteiger partial charge in [-0.15, -0.1) is 0 Å². The number of nitrogens with two attached hydrogens (primary N) is 1. The quantitative estimate of drug-likeness (QED) is 0.679. The van der Waals surface area contributed by atoms with E-state index in [0.717, 1.165) is 24.2 Å². The molecule has 1 aliphatic heterocycles. The normalized spacial score (nSPS) is 27.8. The Balaban J connectivity index is 2.39. The topological polar surface area (TPSA) is 50.9 Å². The van der Waals surface area contributed by atoms with Crippen LogP contribution in [0.4, 0.5) is 5.69 Å². The molecule has 13 heavy (non-hydrogen) atoms. The van der Waals surface area contributed by atoms with Crippen molar-refractivity contribution in [2.24, 2.45) is 0 Å². The van der Waals surface area contributed by atoms with Gasteiger partial charge in [-0.3, -0.25) is 4.98 Å². The molecule has 2 rings (SSSR count). The first-order valence-corrected chi connectivity index (χ1v) is 4.67. The largest absolute Gasteiger partial charge is 0.398 e. The minimum absolute atomic E-state index is 0.0400. The molecule has 0 aromatic carbocycles. The van der Waals surface area contributed by atoms with Gasteiger partial charge in [0.25, 0.3) is 0 Å². The number of anilines is 1. The molecular weight excluding hydrogens is 162 g/mol. The molecule has 0 saturated carbocycles. The Morgan fingerprint density at radius 1 is 1.62 bits per heavy atom. The average Bonchev–Trinajstić information content (AvgIpc) is 2.54. The van der Waals surface area contributed by atoms with Crippen LogP contribution in [0.1, 0.15) is 25.3 Å². The maximum Gasteiger partial charge on any atom is 0.0442 e. The Bertz CT molecular complexity index is 303. The SMILES string of the molecule is CC1(c2cnccc2N)CCCN1. The van der Waals surface area contributed by atoms with Crippen molar-refractivity contribution in [1.82, 2.24) is 10.3 Å². The summed E-state index contributed by atoms with van der Waals surface area (Å²) in [4.78, 5) is 4.12. The van der Waals surface area contributed by atoms with Gasteiger partial charge in [-0.2, -0.15) is 0 Å². The van der Waals surface area contributed by atoms with Crippen LogP contribution < -0.4 is 11.1 Å². The van der Waals surface area contributed by atoms with Crippen LogP contribution in [-0.4, -0.2) is 11.5 Å². The fourth-order valence-electron chi connectivity index (χ4n) is 1.99. The van der Waals surface area contributed by atoms with Crippen LogP contribution in [0.2, 0.25) is 0 Å². The summed E-state index contributed by atoms with van der Waals surface area (Å²) in [5.74, 6) is 0. The highest BCUT2D eigenvalue weighted by Gasteiger charge is 2.31. The van der Waals surface area contributed by atoms with Crippen molar-refractivity contribution in [3.63, 3.8) is 0 Å². The zero-order valence-corrected chi connectivity index (χ0v) is 7.88. The number of nitrogens with zero attached hydrogens (tertiary/aromatic N) is 1. The van der Waals surface area contributed by atoms with Gasteiger partial charge >= 0.3 is 0 Å². The summed E-state index contributed by atoms with van der Waals surface area (Å²) in [7, 11) is 0. The zero-order valence-electron chi connectivity index (χ0n) is 7.88. The maximum absolute atomic E-state index is 5.91. The first kappa shape index (κ1) is 8.51. The molecule has 0 radical (unpaired) electrons. The first-order valence-electron chi connectivity index (χ1n) is 4.67. The Morgan fingerprint density at radius 3 is 3.08 bits per heavy atom. The molecule has 0 amide bonds. The van der Waals surface area contributed by atoms with Crippen LogP contribution in [0, 0.1) is 0 Å². The summed E-state index contributed by atoms with van der Waals surface area (Å²) in [6.45, 7) is 3.26. The van der Waals surface area contributed by atoms with Crippen LogP contribution in [0.5, 0.6) is 0 Å². The molecule has 2 heterocycles. The molecule has 70 valence electrons. The number of pyridine rings is 1. The van der Waals surface area contributed by atoms with E-state index in [9.17, 15) is 0 Å². The van der Waals surface area contributed by atoms with Gasteiger partial charge in [-0.05, 0) is 32.4 Å². The van der Waals surface area contributed by atoms with E-state index in [1.54, 1.807) is 6.20 Å². The minimum atomic E-state index is 0.0400. The molecule has 1 aromatic heterocycles. The lowest BCUT2D eigenvalue weighted by atomic mass is 9.91. The highest BCUT2D eigenvalue weighted by atomic mass is 15.0. The Hall–Kier alpha value is -1.09. The van der Waals surface area contributed by atoms with Gasteiger partial charge in [-0.25, -0.2) is 0 Å². The molecule has 0 aliphatic carbocycles. The second kappa shape index (κ2) is 3.00. The summed E-state index contributed by atoms with van der Waals surface area (Å²) in [6.07, 6.45) is 5.96. The molecule has 1 saturated heterocycles. The Morgan fingerprint density at radius 2 is 2.46 bits per heavy atom. The molecule has 3 nitrogen and oxygen atoms in total. The summed E-state index contributed by atoms with van der Waals surface area (Å²) in [6, 6.07) is 1.86. The standard InChI is InChI=1S/C10H15N3/c1-10(4-2-5-13-10)8-7-12-6-3-9(8)11/h3,6-7,13H,2,4-5H2,1H3,(H2,11,12). The van der Waals surface area contributed by atoms with Crippen molar-refractivity contribution in [2.45, 2.75) is 25.3 Å². The number of rotatable bonds is 1. The van der Waals surface area contributed by atoms with E-state index in [4.69, 9.17) is 5.73 Å². The van der Waals surface area contributed by atoms with Crippen LogP contribution in [0.3, 0.4) is 0 Å². The molecule has 1 aromatic rings. The Labute approximate surface area is 78.4 Å². The molecule has 1 aliphatic rings. The predicted octanol–water partition coefficient (Wildman–Crippen LogP) is 1.26. The average molecular weight is 177 g/mol. The third-order valence-corrected chi connectivity index (χ3v) is 2.82.